The van der Waals surface area contributed by atoms with Crippen molar-refractivity contribution in [1.29, 1.82) is 0 Å². The third-order valence-electron chi connectivity index (χ3n) is 1.85. The van der Waals surface area contributed by atoms with Gasteiger partial charge in [0.05, 0.1) is 0 Å². The van der Waals surface area contributed by atoms with Gasteiger partial charge in [-0.15, -0.1) is 0 Å². The molecule has 1 aliphatic rings. The van der Waals surface area contributed by atoms with Crippen LogP contribution in [0.1, 0.15) is 6.92 Å². The molecule has 0 spiro atoms. The van der Waals surface area contributed by atoms with Crippen molar-refractivity contribution in [3.63, 3.8) is 0 Å². The predicted octanol–water partition coefficient (Wildman–Crippen LogP) is 1.03. The molecule has 0 bridgehead atoms. The summed E-state index contributed by atoms with van der Waals surface area (Å²) in [4.78, 5) is 2.32. The van der Waals surface area contributed by atoms with Gasteiger partial charge in [-0.2, -0.15) is 0 Å². The molecule has 1 aliphatic heterocycles. The predicted molar refractivity (Wildman–Crippen MR) is 48.9 cm³/mol. The molecule has 0 aliphatic carbocycles. The Hall–Kier alpha value is -0.0500. The van der Waals surface area contributed by atoms with Crippen LogP contribution >= 0.6 is 11.6 Å². The molecule has 1 saturated heterocycles. The van der Waals surface area contributed by atoms with Crippen molar-refractivity contribution in [3.8, 4) is 0 Å². The molecule has 0 aromatic heterocycles. The van der Waals surface area contributed by atoms with Crippen molar-refractivity contribution < 1.29 is 0 Å². The molecule has 1 fully saturated rings. The van der Waals surface area contributed by atoms with Crippen LogP contribution in [0.15, 0.2) is 11.6 Å². The first kappa shape index (κ1) is 9.04. The number of rotatable bonds is 2. The zero-order valence-electron chi connectivity index (χ0n) is 6.94. The fraction of sp³-hybridized carbons (Fsp3) is 0.750. The van der Waals surface area contributed by atoms with E-state index in [1.807, 2.05) is 0 Å². The summed E-state index contributed by atoms with van der Waals surface area (Å²) >= 11 is 5.70. The maximum Gasteiger partial charge on any atom is 0.0336 e. The zero-order valence-corrected chi connectivity index (χ0v) is 7.69. The van der Waals surface area contributed by atoms with Crippen molar-refractivity contribution in [2.75, 3.05) is 26.2 Å². The minimum absolute atomic E-state index is 0.583. The highest BCUT2D eigenvalue weighted by Crippen LogP contribution is 2.04. The monoisotopic (exact) mass is 174 g/mol. The topological polar surface area (TPSA) is 15.3 Å². The Morgan fingerprint density at radius 3 is 3.09 bits per heavy atom. The van der Waals surface area contributed by atoms with Crippen LogP contribution in [-0.2, 0) is 0 Å². The lowest BCUT2D eigenvalue weighted by Gasteiger charge is -2.31. The van der Waals surface area contributed by atoms with E-state index < -0.39 is 0 Å². The van der Waals surface area contributed by atoms with Gasteiger partial charge in [-0.1, -0.05) is 18.2 Å². The standard InChI is InChI=1S/C8H15ClN2/c1-7(9)5-11-4-3-10-8(2)6-11/h8,10H,1,3-6H2,2H3. The molecule has 1 atom stereocenters. The second kappa shape index (κ2) is 4.10. The first-order chi connectivity index (χ1) is 5.18. The van der Waals surface area contributed by atoms with Gasteiger partial charge in [0.2, 0.25) is 0 Å². The van der Waals surface area contributed by atoms with Gasteiger partial charge in [0.15, 0.2) is 0 Å². The first-order valence-electron chi connectivity index (χ1n) is 3.97. The first-order valence-corrected chi connectivity index (χ1v) is 4.35. The molecule has 0 aromatic rings. The van der Waals surface area contributed by atoms with Gasteiger partial charge in [-0.05, 0) is 6.92 Å². The van der Waals surface area contributed by atoms with Gasteiger partial charge in [0.1, 0.15) is 0 Å². The zero-order chi connectivity index (χ0) is 8.27. The normalized spacial score (nSPS) is 26.9. The van der Waals surface area contributed by atoms with Crippen LogP contribution in [-0.4, -0.2) is 37.1 Å². The fourth-order valence-corrected chi connectivity index (χ4v) is 1.57. The van der Waals surface area contributed by atoms with E-state index in [0.29, 0.717) is 6.04 Å². The van der Waals surface area contributed by atoms with Crippen molar-refractivity contribution in [2.45, 2.75) is 13.0 Å². The van der Waals surface area contributed by atoms with Crippen LogP contribution in [0.5, 0.6) is 0 Å². The molecular formula is C8H15ClN2. The molecule has 0 saturated carbocycles. The number of hydrogen-bond acceptors (Lipinski definition) is 2. The molecular weight excluding hydrogens is 160 g/mol. The van der Waals surface area contributed by atoms with Crippen LogP contribution in [0, 0.1) is 0 Å². The van der Waals surface area contributed by atoms with Crippen LogP contribution in [0.4, 0.5) is 0 Å². The second-order valence-corrected chi connectivity index (χ2v) is 3.64. The Bertz CT molecular complexity index is 147. The fourth-order valence-electron chi connectivity index (χ4n) is 1.40. The van der Waals surface area contributed by atoms with Crippen molar-refractivity contribution in [2.24, 2.45) is 0 Å². The molecule has 64 valence electrons. The largest absolute Gasteiger partial charge is 0.312 e. The summed E-state index contributed by atoms with van der Waals surface area (Å²) in [5.41, 5.74) is 0. The average Bonchev–Trinajstić information content (AvgIpc) is 1.85. The highest BCUT2D eigenvalue weighted by molar-refractivity contribution is 6.29. The van der Waals surface area contributed by atoms with Crippen molar-refractivity contribution in [1.82, 2.24) is 10.2 Å². The van der Waals surface area contributed by atoms with Gasteiger partial charge < -0.3 is 5.32 Å². The van der Waals surface area contributed by atoms with E-state index in [0.717, 1.165) is 31.2 Å². The number of halogens is 1. The summed E-state index contributed by atoms with van der Waals surface area (Å²) in [5.74, 6) is 0. The van der Waals surface area contributed by atoms with Crippen molar-refractivity contribution >= 4 is 11.6 Å². The lowest BCUT2D eigenvalue weighted by atomic mass is 10.2. The maximum absolute atomic E-state index is 5.70. The van der Waals surface area contributed by atoms with Gasteiger partial charge in [0, 0.05) is 37.3 Å². The molecule has 1 N–H and O–H groups in total. The summed E-state index contributed by atoms with van der Waals surface area (Å²) in [7, 11) is 0. The van der Waals surface area contributed by atoms with E-state index in [4.69, 9.17) is 11.6 Å². The number of piperazine rings is 1. The van der Waals surface area contributed by atoms with E-state index in [1.165, 1.54) is 0 Å². The lowest BCUT2D eigenvalue weighted by molar-refractivity contribution is 0.225. The van der Waals surface area contributed by atoms with Crippen LogP contribution in [0.2, 0.25) is 0 Å². The average molecular weight is 175 g/mol. The van der Waals surface area contributed by atoms with E-state index in [1.54, 1.807) is 0 Å². The molecule has 1 unspecified atom stereocenters. The summed E-state index contributed by atoms with van der Waals surface area (Å²) in [6.07, 6.45) is 0. The van der Waals surface area contributed by atoms with E-state index in [9.17, 15) is 0 Å². The second-order valence-electron chi connectivity index (χ2n) is 3.11. The lowest BCUT2D eigenvalue weighted by Crippen LogP contribution is -2.49. The minimum Gasteiger partial charge on any atom is -0.312 e. The maximum atomic E-state index is 5.70. The van der Waals surface area contributed by atoms with E-state index in [2.05, 4.69) is 23.7 Å². The van der Waals surface area contributed by atoms with Crippen LogP contribution < -0.4 is 5.32 Å². The Kier molecular flexibility index (Phi) is 3.37. The molecule has 1 rings (SSSR count). The Morgan fingerprint density at radius 2 is 2.55 bits per heavy atom. The van der Waals surface area contributed by atoms with Crippen LogP contribution in [0.3, 0.4) is 0 Å². The molecule has 0 radical (unpaired) electrons. The summed E-state index contributed by atoms with van der Waals surface area (Å²) < 4.78 is 0. The molecule has 3 heteroatoms. The van der Waals surface area contributed by atoms with Crippen LogP contribution in [0.25, 0.3) is 0 Å². The Morgan fingerprint density at radius 1 is 1.82 bits per heavy atom. The van der Waals surface area contributed by atoms with E-state index >= 15 is 0 Å². The Labute approximate surface area is 73.2 Å². The third-order valence-corrected chi connectivity index (χ3v) is 1.97. The minimum atomic E-state index is 0.583. The van der Waals surface area contributed by atoms with Gasteiger partial charge in [0.25, 0.3) is 0 Å². The summed E-state index contributed by atoms with van der Waals surface area (Å²) in [6, 6.07) is 0.583. The highest BCUT2D eigenvalue weighted by atomic mass is 35.5. The quantitative estimate of drug-likeness (QED) is 0.673. The number of nitrogens with one attached hydrogen (secondary N) is 1. The summed E-state index contributed by atoms with van der Waals surface area (Å²) in [6.45, 7) is 9.90. The molecule has 2 nitrogen and oxygen atoms in total. The Balaban J connectivity index is 2.28. The van der Waals surface area contributed by atoms with Gasteiger partial charge >= 0.3 is 0 Å². The summed E-state index contributed by atoms with van der Waals surface area (Å²) in [5, 5.41) is 4.11. The molecule has 0 amide bonds. The number of hydrogen-bond donors (Lipinski definition) is 1. The highest BCUT2D eigenvalue weighted by Gasteiger charge is 2.14. The molecule has 11 heavy (non-hydrogen) atoms. The third kappa shape index (κ3) is 3.23. The SMILES string of the molecule is C=C(Cl)CN1CCNC(C)C1. The van der Waals surface area contributed by atoms with Gasteiger partial charge in [-0.3, -0.25) is 4.90 Å². The smallest absolute Gasteiger partial charge is 0.0336 e. The van der Waals surface area contributed by atoms with Crippen molar-refractivity contribution in [3.05, 3.63) is 11.6 Å². The molecule has 0 aromatic carbocycles. The van der Waals surface area contributed by atoms with E-state index in [-0.39, 0.29) is 0 Å². The van der Waals surface area contributed by atoms with Gasteiger partial charge in [-0.25, -0.2) is 0 Å². The molecule has 1 heterocycles. The number of nitrogens with zero attached hydrogens (tertiary/aromatic N) is 1.